The Morgan fingerprint density at radius 1 is 0.222 bits per heavy atom. The van der Waals surface area contributed by atoms with Gasteiger partial charge < -0.3 is 0 Å². The Balaban J connectivity index is 1.08. The van der Waals surface area contributed by atoms with Crippen molar-refractivity contribution in [1.82, 2.24) is 0 Å². The van der Waals surface area contributed by atoms with Gasteiger partial charge in [-0.2, -0.15) is 0 Å². The van der Waals surface area contributed by atoms with Gasteiger partial charge in [0, 0.05) is 0 Å². The zero-order valence-corrected chi connectivity index (χ0v) is 34.4. The summed E-state index contributed by atoms with van der Waals surface area (Å²) in [7, 11) is 0. The summed E-state index contributed by atoms with van der Waals surface area (Å²) in [6, 6.07) is 86.6. The number of fused-ring (bicyclic) bond motifs is 18. The van der Waals surface area contributed by atoms with Crippen LogP contribution in [0.3, 0.4) is 0 Å². The maximum atomic E-state index is 2.51. The maximum absolute atomic E-state index is 2.51. The smallest absolute Gasteiger partial charge is 0.0622 e. The molecule has 0 heterocycles. The van der Waals surface area contributed by atoms with Crippen LogP contribution in [0.2, 0.25) is 0 Å². The van der Waals surface area contributed by atoms with E-state index in [1.807, 2.05) is 0 Å². The van der Waals surface area contributed by atoms with E-state index in [2.05, 4.69) is 231 Å². The third kappa shape index (κ3) is 4.65. The minimum Gasteiger partial charge on any atom is -0.0622 e. The van der Waals surface area contributed by atoms with Crippen LogP contribution in [0.1, 0.15) is 22.3 Å². The van der Waals surface area contributed by atoms with E-state index in [0.29, 0.717) is 0 Å². The zero-order chi connectivity index (χ0) is 41.2. The molecule has 0 atom stereocenters. The van der Waals surface area contributed by atoms with E-state index < -0.39 is 5.41 Å². The zero-order valence-electron chi connectivity index (χ0n) is 34.4. The van der Waals surface area contributed by atoms with Crippen LogP contribution in [0.25, 0.3) is 109 Å². The fourth-order valence-electron chi connectivity index (χ4n) is 11.9. The number of hydrogen-bond acceptors (Lipinski definition) is 0. The summed E-state index contributed by atoms with van der Waals surface area (Å²) >= 11 is 0. The first-order chi connectivity index (χ1) is 31.3. The Bertz CT molecular complexity index is 3790. The van der Waals surface area contributed by atoms with Crippen molar-refractivity contribution in [3.8, 4) is 55.6 Å². The lowest BCUT2D eigenvalue weighted by atomic mass is 9.69. The van der Waals surface area contributed by atoms with Crippen LogP contribution < -0.4 is 0 Å². The molecular formula is C63H38. The summed E-state index contributed by atoms with van der Waals surface area (Å²) in [5, 5.41) is 12.8. The molecule has 2 aliphatic rings. The molecule has 0 unspecified atom stereocenters. The predicted molar refractivity (Wildman–Crippen MR) is 267 cm³/mol. The fourth-order valence-corrected chi connectivity index (χ4v) is 11.9. The summed E-state index contributed by atoms with van der Waals surface area (Å²) in [5.74, 6) is 0. The predicted octanol–water partition coefficient (Wildman–Crippen LogP) is 16.8. The Kier molecular flexibility index (Phi) is 7.13. The highest BCUT2D eigenvalue weighted by Crippen LogP contribution is 2.66. The monoisotopic (exact) mass is 794 g/mol. The van der Waals surface area contributed by atoms with Crippen LogP contribution in [0, 0.1) is 0 Å². The fraction of sp³-hybridized carbons (Fsp3) is 0.0159. The molecule has 0 heteroatoms. The molecule has 14 rings (SSSR count). The molecule has 0 aliphatic heterocycles. The molecule has 0 nitrogen and oxygen atoms in total. The van der Waals surface area contributed by atoms with Crippen molar-refractivity contribution in [3.63, 3.8) is 0 Å². The largest absolute Gasteiger partial charge is 0.0731 e. The van der Waals surface area contributed by atoms with Gasteiger partial charge in [-0.1, -0.05) is 212 Å². The standard InChI is InChI=1S/C63H38/c1-2-16-39(17-3-1)40-30-32-41(33-31-40)59-49-24-8-10-26-51(49)60(52-27-11-9-25-50(52)59)44-34-35-53-54(37-44)45-20-6-7-23-48(45)61-55-36-42-18-4-5-19-43(42)38-58(55)63(62(53)61)56-28-14-12-21-46(56)47-22-13-15-29-57(47)63/h1-38H. The van der Waals surface area contributed by atoms with E-state index in [1.165, 1.54) is 132 Å². The molecule has 0 saturated carbocycles. The van der Waals surface area contributed by atoms with Crippen LogP contribution in [-0.4, -0.2) is 0 Å². The number of benzene rings is 12. The van der Waals surface area contributed by atoms with E-state index in [-0.39, 0.29) is 0 Å². The van der Waals surface area contributed by atoms with Gasteiger partial charge in [0.1, 0.15) is 0 Å². The van der Waals surface area contributed by atoms with Crippen molar-refractivity contribution in [2.75, 3.05) is 0 Å². The lowest BCUT2D eigenvalue weighted by Gasteiger charge is -2.32. The molecule has 0 fully saturated rings. The first-order valence-electron chi connectivity index (χ1n) is 22.1. The van der Waals surface area contributed by atoms with Crippen LogP contribution >= 0.6 is 0 Å². The van der Waals surface area contributed by atoms with Gasteiger partial charge in [-0.05, 0) is 150 Å². The SMILES string of the molecule is c1ccc(-c2ccc(-c3c4ccccc4c(-c4ccc5c6c(c7ccccc7c5c4)-c4cc5ccccc5cc4C64c5ccccc5-c5ccccc54)c4ccccc34)cc2)cc1. The van der Waals surface area contributed by atoms with E-state index in [1.54, 1.807) is 0 Å². The van der Waals surface area contributed by atoms with E-state index in [9.17, 15) is 0 Å². The molecule has 0 amide bonds. The highest BCUT2D eigenvalue weighted by molar-refractivity contribution is 6.24. The highest BCUT2D eigenvalue weighted by atomic mass is 14.5. The molecule has 0 N–H and O–H groups in total. The molecule has 290 valence electrons. The minimum absolute atomic E-state index is 0.483. The molecule has 12 aromatic carbocycles. The number of hydrogen-bond donors (Lipinski definition) is 0. The third-order valence-electron chi connectivity index (χ3n) is 14.4. The van der Waals surface area contributed by atoms with Crippen LogP contribution in [-0.2, 0) is 5.41 Å². The van der Waals surface area contributed by atoms with Gasteiger partial charge in [0.05, 0.1) is 5.41 Å². The maximum Gasteiger partial charge on any atom is 0.0731 e. The van der Waals surface area contributed by atoms with Gasteiger partial charge in [-0.25, -0.2) is 0 Å². The van der Waals surface area contributed by atoms with Gasteiger partial charge in [0.2, 0.25) is 0 Å². The van der Waals surface area contributed by atoms with Crippen molar-refractivity contribution in [1.29, 1.82) is 0 Å². The highest BCUT2D eigenvalue weighted by Gasteiger charge is 2.53. The van der Waals surface area contributed by atoms with Crippen molar-refractivity contribution in [2.24, 2.45) is 0 Å². The lowest BCUT2D eigenvalue weighted by molar-refractivity contribution is 0.803. The van der Waals surface area contributed by atoms with Gasteiger partial charge in [-0.15, -0.1) is 0 Å². The van der Waals surface area contributed by atoms with Crippen LogP contribution in [0.15, 0.2) is 231 Å². The molecule has 2 aliphatic carbocycles. The lowest BCUT2D eigenvalue weighted by Crippen LogP contribution is -2.26. The molecule has 1 spiro atoms. The van der Waals surface area contributed by atoms with Crippen molar-refractivity contribution < 1.29 is 0 Å². The van der Waals surface area contributed by atoms with E-state index in [0.717, 1.165) is 0 Å². The quantitative estimate of drug-likeness (QED) is 0.123. The van der Waals surface area contributed by atoms with Gasteiger partial charge >= 0.3 is 0 Å². The van der Waals surface area contributed by atoms with Crippen molar-refractivity contribution in [2.45, 2.75) is 5.41 Å². The molecule has 0 saturated heterocycles. The Morgan fingerprint density at radius 2 is 0.667 bits per heavy atom. The second-order valence-electron chi connectivity index (χ2n) is 17.4. The molecule has 0 aromatic heterocycles. The average Bonchev–Trinajstić information content (AvgIpc) is 3.82. The van der Waals surface area contributed by atoms with E-state index >= 15 is 0 Å². The summed E-state index contributed by atoms with van der Waals surface area (Å²) < 4.78 is 0. The topological polar surface area (TPSA) is 0 Å². The summed E-state index contributed by atoms with van der Waals surface area (Å²) in [5.41, 5.74) is 17.8. The first kappa shape index (κ1) is 34.6. The molecule has 0 radical (unpaired) electrons. The minimum atomic E-state index is -0.483. The van der Waals surface area contributed by atoms with Gasteiger partial charge in [0.15, 0.2) is 0 Å². The summed E-state index contributed by atoms with van der Waals surface area (Å²) in [6.45, 7) is 0. The summed E-state index contributed by atoms with van der Waals surface area (Å²) in [6.07, 6.45) is 0. The molecule has 0 bridgehead atoms. The molecule has 63 heavy (non-hydrogen) atoms. The van der Waals surface area contributed by atoms with Gasteiger partial charge in [0.25, 0.3) is 0 Å². The van der Waals surface area contributed by atoms with Crippen molar-refractivity contribution in [3.05, 3.63) is 253 Å². The Morgan fingerprint density at radius 3 is 1.29 bits per heavy atom. The second-order valence-corrected chi connectivity index (χ2v) is 17.4. The first-order valence-corrected chi connectivity index (χ1v) is 22.1. The Labute approximate surface area is 366 Å². The third-order valence-corrected chi connectivity index (χ3v) is 14.4. The summed E-state index contributed by atoms with van der Waals surface area (Å²) in [4.78, 5) is 0. The number of rotatable bonds is 3. The van der Waals surface area contributed by atoms with Crippen LogP contribution in [0.4, 0.5) is 0 Å². The average molecular weight is 795 g/mol. The normalized spacial score (nSPS) is 13.2. The molecular weight excluding hydrogens is 757 g/mol. The van der Waals surface area contributed by atoms with Crippen LogP contribution in [0.5, 0.6) is 0 Å². The van der Waals surface area contributed by atoms with Crippen molar-refractivity contribution >= 4 is 53.9 Å². The molecule has 12 aromatic rings. The van der Waals surface area contributed by atoms with E-state index in [4.69, 9.17) is 0 Å². The Hall–Kier alpha value is -8.06. The van der Waals surface area contributed by atoms with Gasteiger partial charge in [-0.3, -0.25) is 0 Å². The second kappa shape index (κ2) is 13.0.